The molecule has 0 amide bonds. The molecule has 0 bridgehead atoms. The van der Waals surface area contributed by atoms with Gasteiger partial charge < -0.3 is 9.84 Å². The van der Waals surface area contributed by atoms with Crippen LogP contribution in [-0.4, -0.2) is 17.7 Å². The smallest absolute Gasteiger partial charge is 0.337 e. The van der Waals surface area contributed by atoms with E-state index in [0.29, 0.717) is 4.47 Å². The SMILES string of the molecule is CCOc1ccccc1.Cc1ccc(Cc2cc(Br)ccc2Cl)cc1.O=C(O)c1cc(Br)ccc1Cl. The molecule has 0 heterocycles. The molecule has 0 unspecified atom stereocenters. The molecule has 4 aromatic carbocycles. The molecule has 36 heavy (non-hydrogen) atoms. The molecule has 0 radical (unpaired) electrons. The quantitative estimate of drug-likeness (QED) is 0.233. The zero-order valence-electron chi connectivity index (χ0n) is 19.9. The van der Waals surface area contributed by atoms with Crippen molar-refractivity contribution >= 4 is 61.0 Å². The van der Waals surface area contributed by atoms with Gasteiger partial charge in [0.25, 0.3) is 0 Å². The fourth-order valence-electron chi connectivity index (χ4n) is 2.95. The van der Waals surface area contributed by atoms with E-state index in [1.165, 1.54) is 23.3 Å². The van der Waals surface area contributed by atoms with Gasteiger partial charge in [0.1, 0.15) is 5.75 Å². The molecule has 0 aliphatic rings. The molecule has 0 saturated heterocycles. The van der Waals surface area contributed by atoms with Crippen molar-refractivity contribution in [3.63, 3.8) is 0 Å². The Morgan fingerprint density at radius 1 is 0.833 bits per heavy atom. The van der Waals surface area contributed by atoms with E-state index in [4.69, 9.17) is 33.0 Å². The van der Waals surface area contributed by atoms with Crippen LogP contribution in [-0.2, 0) is 6.42 Å². The second-order valence-corrected chi connectivity index (χ2v) is 10.2. The van der Waals surface area contributed by atoms with Crippen molar-refractivity contribution in [1.82, 2.24) is 0 Å². The van der Waals surface area contributed by atoms with Gasteiger partial charge in [-0.3, -0.25) is 0 Å². The van der Waals surface area contributed by atoms with Gasteiger partial charge in [-0.1, -0.05) is 103 Å². The van der Waals surface area contributed by atoms with Gasteiger partial charge in [-0.15, -0.1) is 0 Å². The summed E-state index contributed by atoms with van der Waals surface area (Å²) in [4.78, 5) is 10.5. The summed E-state index contributed by atoms with van der Waals surface area (Å²) in [5.74, 6) is -0.0729. The van der Waals surface area contributed by atoms with Gasteiger partial charge in [0, 0.05) is 14.0 Å². The maximum atomic E-state index is 10.5. The predicted molar refractivity (Wildman–Crippen MR) is 157 cm³/mol. The number of aryl methyl sites for hydroxylation is 1. The van der Waals surface area contributed by atoms with Crippen molar-refractivity contribution in [2.45, 2.75) is 20.3 Å². The first kappa shape index (κ1) is 29.9. The van der Waals surface area contributed by atoms with Crippen molar-refractivity contribution in [2.75, 3.05) is 6.61 Å². The van der Waals surface area contributed by atoms with Gasteiger partial charge >= 0.3 is 5.97 Å². The number of aromatic carboxylic acids is 1. The van der Waals surface area contributed by atoms with Crippen LogP contribution >= 0.6 is 55.1 Å². The number of rotatable bonds is 5. The second-order valence-electron chi connectivity index (χ2n) is 7.57. The fourth-order valence-corrected chi connectivity index (χ4v) is 4.10. The second kappa shape index (κ2) is 15.7. The summed E-state index contributed by atoms with van der Waals surface area (Å²) in [7, 11) is 0. The molecule has 4 aromatic rings. The summed E-state index contributed by atoms with van der Waals surface area (Å²) in [6.07, 6.45) is 0.874. The number of para-hydroxylation sites is 1. The average Bonchev–Trinajstić information content (AvgIpc) is 2.86. The Balaban J connectivity index is 0.000000200. The van der Waals surface area contributed by atoms with Crippen LogP contribution in [0.2, 0.25) is 10.0 Å². The first-order chi connectivity index (χ1) is 17.2. The average molecular weight is 653 g/mol. The van der Waals surface area contributed by atoms with E-state index in [1.807, 2.05) is 49.4 Å². The Kier molecular flexibility index (Phi) is 13.1. The highest BCUT2D eigenvalue weighted by molar-refractivity contribution is 9.10. The lowest BCUT2D eigenvalue weighted by atomic mass is 10.0. The van der Waals surface area contributed by atoms with Crippen LogP contribution in [0.15, 0.2) is 99.9 Å². The number of ether oxygens (including phenoxy) is 1. The molecule has 0 aliphatic carbocycles. The first-order valence-electron chi connectivity index (χ1n) is 11.0. The predicted octanol–water partition coefficient (Wildman–Crippen LogP) is 9.89. The molecule has 3 nitrogen and oxygen atoms in total. The fraction of sp³-hybridized carbons (Fsp3) is 0.138. The Hall–Kier alpha value is -2.31. The third-order valence-corrected chi connectivity index (χ3v) is 6.42. The van der Waals surface area contributed by atoms with Gasteiger partial charge in [-0.05, 0) is 79.9 Å². The third-order valence-electron chi connectivity index (χ3n) is 4.74. The van der Waals surface area contributed by atoms with Crippen molar-refractivity contribution < 1.29 is 14.6 Å². The van der Waals surface area contributed by atoms with Crippen LogP contribution in [0, 0.1) is 6.92 Å². The Morgan fingerprint density at radius 2 is 1.42 bits per heavy atom. The van der Waals surface area contributed by atoms with Crippen LogP contribution in [0.4, 0.5) is 0 Å². The lowest BCUT2D eigenvalue weighted by Gasteiger charge is -2.05. The molecule has 0 aromatic heterocycles. The van der Waals surface area contributed by atoms with E-state index in [-0.39, 0.29) is 10.6 Å². The Bertz CT molecular complexity index is 1250. The van der Waals surface area contributed by atoms with Crippen molar-refractivity contribution in [2.24, 2.45) is 0 Å². The molecule has 4 rings (SSSR count). The summed E-state index contributed by atoms with van der Waals surface area (Å²) in [5, 5.41) is 9.66. The maximum Gasteiger partial charge on any atom is 0.337 e. The van der Waals surface area contributed by atoms with Crippen LogP contribution in [0.3, 0.4) is 0 Å². The lowest BCUT2D eigenvalue weighted by molar-refractivity contribution is 0.0697. The molecule has 7 heteroatoms. The number of carbonyl (C=O) groups is 1. The van der Waals surface area contributed by atoms with E-state index in [1.54, 1.807) is 6.07 Å². The minimum atomic E-state index is -1.02. The topological polar surface area (TPSA) is 46.5 Å². The zero-order chi connectivity index (χ0) is 26.5. The number of benzene rings is 4. The van der Waals surface area contributed by atoms with E-state index in [2.05, 4.69) is 69.1 Å². The van der Waals surface area contributed by atoms with E-state index in [9.17, 15) is 4.79 Å². The minimum absolute atomic E-state index is 0.112. The molecule has 0 fully saturated rings. The van der Waals surface area contributed by atoms with Crippen molar-refractivity contribution in [3.8, 4) is 5.75 Å². The van der Waals surface area contributed by atoms with Gasteiger partial charge in [-0.25, -0.2) is 4.79 Å². The van der Waals surface area contributed by atoms with Crippen molar-refractivity contribution in [3.05, 3.63) is 132 Å². The number of hydrogen-bond acceptors (Lipinski definition) is 2. The molecular weight excluding hydrogens is 627 g/mol. The Labute approximate surface area is 239 Å². The van der Waals surface area contributed by atoms with Gasteiger partial charge in [0.05, 0.1) is 17.2 Å². The van der Waals surface area contributed by atoms with Gasteiger partial charge in [-0.2, -0.15) is 0 Å². The zero-order valence-corrected chi connectivity index (χ0v) is 24.5. The van der Waals surface area contributed by atoms with Gasteiger partial charge in [0.2, 0.25) is 0 Å². The number of carboxylic acids is 1. The standard InChI is InChI=1S/C14H12BrCl.C8H10O.C7H4BrClO2/c1-10-2-4-11(5-3-10)8-12-9-13(15)6-7-14(12)16;1-2-9-8-6-4-3-5-7-8;8-4-1-2-6(9)5(3-4)7(10)11/h2-7,9H,8H2,1H3;3-7H,2H2,1H3;1-3H,(H,10,11). The first-order valence-corrected chi connectivity index (χ1v) is 13.4. The van der Waals surface area contributed by atoms with Crippen LogP contribution in [0.25, 0.3) is 0 Å². The molecule has 0 atom stereocenters. The molecule has 188 valence electrons. The van der Waals surface area contributed by atoms with E-state index in [0.717, 1.165) is 33.8 Å². The summed E-state index contributed by atoms with van der Waals surface area (Å²) >= 11 is 18.4. The largest absolute Gasteiger partial charge is 0.494 e. The van der Waals surface area contributed by atoms with Crippen LogP contribution in [0.5, 0.6) is 5.75 Å². The number of carboxylic acid groups (broad SMARTS) is 1. The highest BCUT2D eigenvalue weighted by atomic mass is 79.9. The molecular formula is C29H26Br2Cl2O3. The number of halogens is 4. The van der Waals surface area contributed by atoms with Crippen LogP contribution in [0.1, 0.15) is 34.0 Å². The lowest BCUT2D eigenvalue weighted by Crippen LogP contribution is -1.96. The van der Waals surface area contributed by atoms with E-state index >= 15 is 0 Å². The summed E-state index contributed by atoms with van der Waals surface area (Å²) in [6.45, 7) is 4.81. The van der Waals surface area contributed by atoms with Crippen LogP contribution < -0.4 is 4.74 Å². The Morgan fingerprint density at radius 3 is 1.97 bits per heavy atom. The minimum Gasteiger partial charge on any atom is -0.494 e. The monoisotopic (exact) mass is 650 g/mol. The van der Waals surface area contributed by atoms with E-state index < -0.39 is 5.97 Å². The summed E-state index contributed by atoms with van der Waals surface area (Å²) < 4.78 is 6.98. The molecule has 0 saturated carbocycles. The number of hydrogen-bond donors (Lipinski definition) is 1. The summed E-state index contributed by atoms with van der Waals surface area (Å²) in [6, 6.07) is 29.0. The molecule has 1 N–H and O–H groups in total. The maximum absolute atomic E-state index is 10.5. The third kappa shape index (κ3) is 10.8. The summed E-state index contributed by atoms with van der Waals surface area (Å²) in [5.41, 5.74) is 3.83. The highest BCUT2D eigenvalue weighted by Gasteiger charge is 2.07. The van der Waals surface area contributed by atoms with Crippen molar-refractivity contribution in [1.29, 1.82) is 0 Å². The highest BCUT2D eigenvalue weighted by Crippen LogP contribution is 2.24. The molecule has 0 spiro atoms. The van der Waals surface area contributed by atoms with Gasteiger partial charge in [0.15, 0.2) is 0 Å². The normalized spacial score (nSPS) is 9.83. The molecule has 0 aliphatic heterocycles.